The Morgan fingerprint density at radius 3 is 2.50 bits per heavy atom. The molecule has 3 aromatic rings. The van der Waals surface area contributed by atoms with Crippen molar-refractivity contribution in [3.63, 3.8) is 0 Å². The Hall–Kier alpha value is -2.00. The summed E-state index contributed by atoms with van der Waals surface area (Å²) in [6, 6.07) is 14.7. The maximum atomic E-state index is 6.03. The van der Waals surface area contributed by atoms with Gasteiger partial charge < -0.3 is 4.90 Å². The average molecular weight is 342 g/mol. The number of rotatable bonds is 5. The average Bonchev–Trinajstić information content (AvgIpc) is 2.94. The SMILES string of the molecule is CCC(C)(C)N(Cc1ccc(Cl)cc1)c1ccc2c(cnn2C)c1. The van der Waals surface area contributed by atoms with Crippen LogP contribution in [0.15, 0.2) is 48.7 Å². The Kier molecular flexibility index (Phi) is 4.55. The van der Waals surface area contributed by atoms with Gasteiger partial charge in [0.25, 0.3) is 0 Å². The fourth-order valence-electron chi connectivity index (χ4n) is 2.94. The summed E-state index contributed by atoms with van der Waals surface area (Å²) in [5.41, 5.74) is 3.68. The smallest absolute Gasteiger partial charge is 0.0680 e. The molecule has 3 rings (SSSR count). The lowest BCUT2D eigenvalue weighted by molar-refractivity contribution is 0.442. The van der Waals surface area contributed by atoms with Gasteiger partial charge in [-0.15, -0.1) is 0 Å². The molecule has 0 bridgehead atoms. The molecule has 0 aliphatic rings. The first-order chi connectivity index (χ1) is 11.4. The van der Waals surface area contributed by atoms with E-state index >= 15 is 0 Å². The van der Waals surface area contributed by atoms with Gasteiger partial charge in [0.15, 0.2) is 0 Å². The summed E-state index contributed by atoms with van der Waals surface area (Å²) in [5.74, 6) is 0. The van der Waals surface area contributed by atoms with E-state index in [4.69, 9.17) is 11.6 Å². The van der Waals surface area contributed by atoms with E-state index in [1.165, 1.54) is 16.6 Å². The van der Waals surface area contributed by atoms with E-state index in [1.54, 1.807) is 0 Å². The van der Waals surface area contributed by atoms with Crippen molar-refractivity contribution in [3.8, 4) is 0 Å². The molecule has 126 valence electrons. The molecule has 1 aromatic heterocycles. The minimum absolute atomic E-state index is 0.0511. The van der Waals surface area contributed by atoms with Crippen LogP contribution in [0.25, 0.3) is 10.9 Å². The highest BCUT2D eigenvalue weighted by molar-refractivity contribution is 6.30. The Balaban J connectivity index is 2.00. The van der Waals surface area contributed by atoms with E-state index in [0.29, 0.717) is 0 Å². The molecule has 0 unspecified atom stereocenters. The van der Waals surface area contributed by atoms with Crippen LogP contribution in [0.2, 0.25) is 5.02 Å². The Labute approximate surface area is 148 Å². The number of nitrogens with zero attached hydrogens (tertiary/aromatic N) is 3. The maximum Gasteiger partial charge on any atom is 0.0680 e. The molecule has 0 aliphatic heterocycles. The Bertz CT molecular complexity index is 834. The molecule has 0 saturated carbocycles. The van der Waals surface area contributed by atoms with Crippen molar-refractivity contribution in [1.29, 1.82) is 0 Å². The largest absolute Gasteiger partial charge is 0.362 e. The molecule has 0 atom stereocenters. The third-order valence-electron chi connectivity index (χ3n) is 4.89. The highest BCUT2D eigenvalue weighted by Gasteiger charge is 2.25. The third-order valence-corrected chi connectivity index (χ3v) is 5.14. The first-order valence-corrected chi connectivity index (χ1v) is 8.72. The fourth-order valence-corrected chi connectivity index (χ4v) is 3.06. The van der Waals surface area contributed by atoms with E-state index in [9.17, 15) is 0 Å². The summed E-state index contributed by atoms with van der Waals surface area (Å²) in [4.78, 5) is 2.46. The molecular formula is C20H24ClN3. The third kappa shape index (κ3) is 3.27. The van der Waals surface area contributed by atoms with E-state index in [1.807, 2.05) is 30.1 Å². The van der Waals surface area contributed by atoms with Gasteiger partial charge in [-0.3, -0.25) is 4.68 Å². The fraction of sp³-hybridized carbons (Fsp3) is 0.350. The molecule has 3 nitrogen and oxygen atoms in total. The normalized spacial score (nSPS) is 11.9. The molecule has 0 N–H and O–H groups in total. The van der Waals surface area contributed by atoms with Crippen molar-refractivity contribution < 1.29 is 0 Å². The van der Waals surface area contributed by atoms with Crippen LogP contribution >= 0.6 is 11.6 Å². The first kappa shape index (κ1) is 16.8. The van der Waals surface area contributed by atoms with Gasteiger partial charge in [0.1, 0.15) is 0 Å². The number of hydrogen-bond donors (Lipinski definition) is 0. The number of hydrogen-bond acceptors (Lipinski definition) is 2. The topological polar surface area (TPSA) is 21.1 Å². The number of benzene rings is 2. The molecular weight excluding hydrogens is 318 g/mol. The summed E-state index contributed by atoms with van der Waals surface area (Å²) in [6.45, 7) is 7.66. The molecule has 0 fully saturated rings. The van der Waals surface area contributed by atoms with Gasteiger partial charge in [0.2, 0.25) is 0 Å². The summed E-state index contributed by atoms with van der Waals surface area (Å²) in [6.07, 6.45) is 2.99. The van der Waals surface area contributed by atoms with Crippen molar-refractivity contribution >= 4 is 28.2 Å². The van der Waals surface area contributed by atoms with Crippen LogP contribution in [-0.2, 0) is 13.6 Å². The maximum absolute atomic E-state index is 6.03. The highest BCUT2D eigenvalue weighted by Crippen LogP contribution is 2.31. The molecule has 0 aliphatic carbocycles. The molecule has 4 heteroatoms. The monoisotopic (exact) mass is 341 g/mol. The standard InChI is InChI=1S/C20H24ClN3/c1-5-20(2,3)24(14-15-6-8-17(21)9-7-15)18-10-11-19-16(12-18)13-22-23(19)4/h6-13H,5,14H2,1-4H3. The van der Waals surface area contributed by atoms with Gasteiger partial charge in [0, 0.05) is 35.2 Å². The van der Waals surface area contributed by atoms with Gasteiger partial charge >= 0.3 is 0 Å². The zero-order valence-electron chi connectivity index (χ0n) is 14.8. The first-order valence-electron chi connectivity index (χ1n) is 8.34. The number of anilines is 1. The zero-order valence-corrected chi connectivity index (χ0v) is 15.5. The second-order valence-electron chi connectivity index (χ2n) is 6.89. The molecule has 1 heterocycles. The van der Waals surface area contributed by atoms with Crippen molar-refractivity contribution in [2.24, 2.45) is 7.05 Å². The zero-order chi connectivity index (χ0) is 17.3. The van der Waals surface area contributed by atoms with Crippen molar-refractivity contribution in [1.82, 2.24) is 9.78 Å². The van der Waals surface area contributed by atoms with Crippen LogP contribution < -0.4 is 4.90 Å². The summed E-state index contributed by atoms with van der Waals surface area (Å²) < 4.78 is 1.91. The van der Waals surface area contributed by atoms with Crippen LogP contribution in [0.1, 0.15) is 32.8 Å². The van der Waals surface area contributed by atoms with Gasteiger partial charge in [-0.2, -0.15) is 5.10 Å². The van der Waals surface area contributed by atoms with Crippen molar-refractivity contribution in [3.05, 3.63) is 59.2 Å². The van der Waals surface area contributed by atoms with E-state index in [0.717, 1.165) is 23.5 Å². The van der Waals surface area contributed by atoms with E-state index in [-0.39, 0.29) is 5.54 Å². The summed E-state index contributed by atoms with van der Waals surface area (Å²) in [7, 11) is 1.98. The van der Waals surface area contributed by atoms with Crippen LogP contribution in [0, 0.1) is 0 Å². The number of aromatic nitrogens is 2. The lowest BCUT2D eigenvalue weighted by Gasteiger charge is -2.40. The van der Waals surface area contributed by atoms with Gasteiger partial charge in [-0.05, 0) is 56.2 Å². The second-order valence-corrected chi connectivity index (χ2v) is 7.33. The molecule has 0 saturated heterocycles. The quantitative estimate of drug-likeness (QED) is 0.617. The predicted molar refractivity (Wildman–Crippen MR) is 103 cm³/mol. The van der Waals surface area contributed by atoms with Gasteiger partial charge in [0.05, 0.1) is 11.7 Å². The molecule has 2 aromatic carbocycles. The van der Waals surface area contributed by atoms with Crippen molar-refractivity contribution in [2.45, 2.75) is 39.3 Å². The molecule has 0 amide bonds. The lowest BCUT2D eigenvalue weighted by Crippen LogP contribution is -2.43. The van der Waals surface area contributed by atoms with E-state index in [2.05, 4.69) is 61.1 Å². The lowest BCUT2D eigenvalue weighted by atomic mass is 9.97. The van der Waals surface area contributed by atoms with Crippen LogP contribution in [0.4, 0.5) is 5.69 Å². The van der Waals surface area contributed by atoms with Crippen molar-refractivity contribution in [2.75, 3.05) is 4.90 Å². The van der Waals surface area contributed by atoms with Gasteiger partial charge in [-0.25, -0.2) is 0 Å². The minimum atomic E-state index is 0.0511. The van der Waals surface area contributed by atoms with Crippen LogP contribution in [0.3, 0.4) is 0 Å². The molecule has 0 radical (unpaired) electrons. The number of halogens is 1. The van der Waals surface area contributed by atoms with Crippen LogP contribution in [-0.4, -0.2) is 15.3 Å². The summed E-state index contributed by atoms with van der Waals surface area (Å²) in [5, 5.41) is 6.30. The second kappa shape index (κ2) is 6.48. The van der Waals surface area contributed by atoms with Gasteiger partial charge in [-0.1, -0.05) is 30.7 Å². The predicted octanol–water partition coefficient (Wildman–Crippen LogP) is 5.42. The van der Waals surface area contributed by atoms with Crippen LogP contribution in [0.5, 0.6) is 0 Å². The summed E-state index contributed by atoms with van der Waals surface area (Å²) >= 11 is 6.03. The Morgan fingerprint density at radius 1 is 1.12 bits per heavy atom. The number of aryl methyl sites for hydroxylation is 1. The number of fused-ring (bicyclic) bond motifs is 1. The molecule has 0 spiro atoms. The minimum Gasteiger partial charge on any atom is -0.362 e. The highest BCUT2D eigenvalue weighted by atomic mass is 35.5. The van der Waals surface area contributed by atoms with E-state index < -0.39 is 0 Å². The Morgan fingerprint density at radius 2 is 1.83 bits per heavy atom. The molecule has 24 heavy (non-hydrogen) atoms.